The fraction of sp³-hybridized carbons (Fsp3) is 1.00. The molecule has 0 heterocycles. The van der Waals surface area contributed by atoms with Gasteiger partial charge in [-0.15, -0.1) is 0 Å². The lowest BCUT2D eigenvalue weighted by Gasteiger charge is -2.32. The molecule has 0 spiro atoms. The van der Waals surface area contributed by atoms with E-state index in [0.29, 0.717) is 38.3 Å². The molecule has 0 aromatic rings. The second-order valence-electron chi connectivity index (χ2n) is 33.3. The first kappa shape index (κ1) is 109. The summed E-state index contributed by atoms with van der Waals surface area (Å²) in [5, 5.41) is 38.5. The van der Waals surface area contributed by atoms with Crippen LogP contribution in [0.25, 0.3) is 0 Å². The molecule has 0 radical (unpaired) electrons. The van der Waals surface area contributed by atoms with Crippen LogP contribution >= 0.6 is 0 Å². The van der Waals surface area contributed by atoms with Crippen molar-refractivity contribution in [2.24, 2.45) is 23.2 Å². The van der Waals surface area contributed by atoms with E-state index < -0.39 is 0 Å². The molecule has 0 amide bonds. The number of rotatable bonds is 83. The molecular weight excluding hydrogens is 1230 g/mol. The maximum absolute atomic E-state index is 10.5. The Labute approximate surface area is 641 Å². The molecule has 0 aromatic carbocycles. The average Bonchev–Trinajstić information content (AvgIpc) is 1.22. The molecule has 0 aliphatic rings. The summed E-state index contributed by atoms with van der Waals surface area (Å²) in [6.45, 7) is 22.2. The van der Waals surface area contributed by atoms with Gasteiger partial charge in [-0.1, -0.05) is 518 Å². The third-order valence-corrected chi connectivity index (χ3v) is 23.0. The molecule has 0 saturated carbocycles. The monoisotopic (exact) mass is 1440 g/mol. The molecule has 0 fully saturated rings. The summed E-state index contributed by atoms with van der Waals surface area (Å²) in [7, 11) is 0. The van der Waals surface area contributed by atoms with Crippen LogP contribution in [0.15, 0.2) is 0 Å². The van der Waals surface area contributed by atoms with E-state index in [1.807, 2.05) is 0 Å². The summed E-state index contributed by atoms with van der Waals surface area (Å²) in [4.78, 5) is 0. The van der Waals surface area contributed by atoms with Crippen molar-refractivity contribution in [3.8, 4) is 0 Å². The van der Waals surface area contributed by atoms with Gasteiger partial charge >= 0.3 is 0 Å². The summed E-state index contributed by atoms with van der Waals surface area (Å²) < 4.78 is 0. The minimum absolute atomic E-state index is 0. The fourth-order valence-electron chi connectivity index (χ4n) is 15.7. The van der Waals surface area contributed by atoms with Crippen LogP contribution in [0.3, 0.4) is 0 Å². The third-order valence-electron chi connectivity index (χ3n) is 23.0. The van der Waals surface area contributed by atoms with Crippen molar-refractivity contribution in [1.29, 1.82) is 0 Å². The Hall–Kier alpha value is -0.200. The second kappa shape index (κ2) is 102. The first-order valence-electron chi connectivity index (χ1n) is 47.7. The van der Waals surface area contributed by atoms with E-state index in [1.54, 1.807) is 0 Å². The van der Waals surface area contributed by atoms with E-state index in [2.05, 4.69) is 62.3 Å². The van der Waals surface area contributed by atoms with Crippen LogP contribution in [0.4, 0.5) is 0 Å². The van der Waals surface area contributed by atoms with E-state index in [4.69, 9.17) is 5.11 Å². The number of aliphatic hydroxyl groups excluding tert-OH is 4. The summed E-state index contributed by atoms with van der Waals surface area (Å²) >= 11 is 0. The predicted molar refractivity (Wildman–Crippen MR) is 461 cm³/mol. The van der Waals surface area contributed by atoms with Crippen molar-refractivity contribution in [1.82, 2.24) is 0 Å². The molecule has 2 atom stereocenters. The van der Waals surface area contributed by atoms with Crippen molar-refractivity contribution in [2.75, 3.05) is 26.4 Å². The summed E-state index contributed by atoms with van der Waals surface area (Å²) in [5.41, 5.74) is 0.229. The molecule has 2 unspecified atom stereocenters. The third kappa shape index (κ3) is 95.8. The van der Waals surface area contributed by atoms with Gasteiger partial charge in [0, 0.05) is 26.4 Å². The van der Waals surface area contributed by atoms with E-state index in [1.165, 1.54) is 501 Å². The largest absolute Gasteiger partial charge is 0.412 e. The normalized spacial score (nSPS) is 12.1. The molecule has 616 valence electrons. The van der Waals surface area contributed by atoms with Crippen molar-refractivity contribution >= 4 is 0 Å². The highest BCUT2D eigenvalue weighted by molar-refractivity contribution is 4.79. The van der Waals surface area contributed by atoms with Crippen LogP contribution in [0.1, 0.15) is 570 Å². The lowest BCUT2D eigenvalue weighted by Crippen LogP contribution is -2.26. The zero-order valence-electron chi connectivity index (χ0n) is 72.2. The first-order chi connectivity index (χ1) is 49.3. The Kier molecular flexibility index (Phi) is 110. The highest BCUT2D eigenvalue weighted by Crippen LogP contribution is 2.38. The van der Waals surface area contributed by atoms with Crippen LogP contribution in [0, 0.1) is 23.2 Å². The van der Waals surface area contributed by atoms with Gasteiger partial charge in [0.05, 0.1) is 0 Å². The molecular formula is C96H202O5. The van der Waals surface area contributed by atoms with Gasteiger partial charge in [0.2, 0.25) is 0 Å². The minimum atomic E-state index is 0. The average molecular weight is 1440 g/mol. The first-order valence-corrected chi connectivity index (χ1v) is 47.7. The standard InChI is InChI=1S/2C32H66O.C20H42O.C12H26O.H2O/c1-4-7-10-13-16-18-21-23-26-31(27-24-22-19-17-14-11-8-5-2)29-32(30-33)28-25-20-15-12-9-6-3;1-4-7-10-13-16-19-22-25-28-32(31-33,29-26-23-20-17-14-11-8-5-2)30-27-24-21-18-15-12-9-6-3;1-3-5-7-9-11-12-14-16-18-20(19-21)17-15-13-10-8-6-4-2;1-2-3-4-5-6-7-8-9-10-11-12-13;/h31-33H,4-30H2,1-3H3;33H,4-31H2,1-3H3;20-21H,3-19H2,1-2H3;13H,2-12H2,1H3;1H2. The minimum Gasteiger partial charge on any atom is -0.412 e. The number of unbranched alkanes of at least 4 members (excludes halogenated alkanes) is 61. The molecule has 5 heteroatoms. The fourth-order valence-corrected chi connectivity index (χ4v) is 15.7. The lowest BCUT2D eigenvalue weighted by atomic mass is 9.74. The van der Waals surface area contributed by atoms with Gasteiger partial charge < -0.3 is 25.9 Å². The van der Waals surface area contributed by atoms with Gasteiger partial charge in [0.15, 0.2) is 0 Å². The van der Waals surface area contributed by atoms with E-state index in [9.17, 15) is 15.3 Å². The second-order valence-corrected chi connectivity index (χ2v) is 33.3. The zero-order valence-corrected chi connectivity index (χ0v) is 72.2. The van der Waals surface area contributed by atoms with Crippen LogP contribution in [-0.4, -0.2) is 52.3 Å². The Morgan fingerprint density at radius 2 is 0.337 bits per heavy atom. The molecule has 6 N–H and O–H groups in total. The number of hydrogen-bond donors (Lipinski definition) is 4. The smallest absolute Gasteiger partial charge is 0.0487 e. The molecule has 0 aliphatic carbocycles. The zero-order chi connectivity index (χ0) is 73.9. The maximum atomic E-state index is 10.5. The summed E-state index contributed by atoms with van der Waals surface area (Å²) in [5.74, 6) is 2.00. The van der Waals surface area contributed by atoms with Crippen molar-refractivity contribution in [2.45, 2.75) is 570 Å². The molecule has 0 aromatic heterocycles. The van der Waals surface area contributed by atoms with Gasteiger partial charge in [-0.3, -0.25) is 0 Å². The number of aliphatic hydroxyl groups is 4. The Balaban J connectivity index is -0.000000425. The summed E-state index contributed by atoms with van der Waals surface area (Å²) in [6, 6.07) is 0. The van der Waals surface area contributed by atoms with Crippen LogP contribution in [-0.2, 0) is 0 Å². The topological polar surface area (TPSA) is 112 Å². The van der Waals surface area contributed by atoms with Crippen LogP contribution in [0.5, 0.6) is 0 Å². The maximum Gasteiger partial charge on any atom is 0.0487 e. The Bertz CT molecular complexity index is 1240. The highest BCUT2D eigenvalue weighted by atomic mass is 16.3. The van der Waals surface area contributed by atoms with Gasteiger partial charge in [-0.2, -0.15) is 0 Å². The van der Waals surface area contributed by atoms with Gasteiger partial charge in [-0.05, 0) is 74.5 Å². The van der Waals surface area contributed by atoms with Crippen LogP contribution < -0.4 is 0 Å². The molecule has 0 saturated heterocycles. The molecule has 0 rings (SSSR count). The molecule has 0 aliphatic heterocycles. The van der Waals surface area contributed by atoms with Crippen molar-refractivity contribution in [3.63, 3.8) is 0 Å². The van der Waals surface area contributed by atoms with E-state index in [0.717, 1.165) is 12.3 Å². The van der Waals surface area contributed by atoms with Gasteiger partial charge in [0.25, 0.3) is 0 Å². The van der Waals surface area contributed by atoms with E-state index >= 15 is 0 Å². The Morgan fingerprint density at radius 1 is 0.178 bits per heavy atom. The van der Waals surface area contributed by atoms with E-state index in [-0.39, 0.29) is 10.9 Å². The molecule has 101 heavy (non-hydrogen) atoms. The van der Waals surface area contributed by atoms with Gasteiger partial charge in [0.1, 0.15) is 0 Å². The SMILES string of the molecule is CCCCCCCCCCC(CCCCCCCCCC)CC(CO)CCCCCCCC.CCCCCCCCCCC(CO)(CCCCCCCCCC)CCCCCCCCCC.CCCCCCCCCCC(CO)CCCCCCCC.CCCCCCCCCCCCO.O. The van der Waals surface area contributed by atoms with Crippen molar-refractivity contribution in [3.05, 3.63) is 0 Å². The Morgan fingerprint density at radius 3 is 0.515 bits per heavy atom. The predicted octanol–water partition coefficient (Wildman–Crippen LogP) is 32.9. The quantitative estimate of drug-likeness (QED) is 0.0455. The highest BCUT2D eigenvalue weighted by Gasteiger charge is 2.28. The molecule has 5 nitrogen and oxygen atoms in total. The van der Waals surface area contributed by atoms with Gasteiger partial charge in [-0.25, -0.2) is 0 Å². The van der Waals surface area contributed by atoms with Crippen molar-refractivity contribution < 1.29 is 25.9 Å². The lowest BCUT2D eigenvalue weighted by molar-refractivity contribution is 0.0856. The van der Waals surface area contributed by atoms with Crippen LogP contribution in [0.2, 0.25) is 0 Å². The summed E-state index contributed by atoms with van der Waals surface area (Å²) in [6.07, 6.45) is 109. The number of hydrogen-bond acceptors (Lipinski definition) is 4. The molecule has 0 bridgehead atoms.